The number of rotatable bonds is 4. The quantitative estimate of drug-likeness (QED) is 0.378. The number of fused-ring (bicyclic) bond motifs is 1. The highest BCUT2D eigenvalue weighted by Crippen LogP contribution is 2.40. The summed E-state index contributed by atoms with van der Waals surface area (Å²) in [4.78, 5) is 13.1. The lowest BCUT2D eigenvalue weighted by atomic mass is 9.79. The van der Waals surface area contributed by atoms with Crippen molar-refractivity contribution >= 4 is 37.5 Å². The Kier molecular flexibility index (Phi) is 5.30. The van der Waals surface area contributed by atoms with Gasteiger partial charge in [0.15, 0.2) is 14.8 Å². The molecule has 0 saturated carbocycles. The van der Waals surface area contributed by atoms with Crippen molar-refractivity contribution in [1.82, 2.24) is 25.5 Å². The number of aromatic amines is 1. The van der Waals surface area contributed by atoms with Crippen molar-refractivity contribution in [1.29, 1.82) is 0 Å². The minimum atomic E-state index is -0.523. The lowest BCUT2D eigenvalue weighted by molar-refractivity contribution is 0.161. The van der Waals surface area contributed by atoms with Crippen molar-refractivity contribution in [2.75, 3.05) is 11.9 Å². The van der Waals surface area contributed by atoms with Gasteiger partial charge >= 0.3 is 0 Å². The van der Waals surface area contributed by atoms with E-state index in [4.69, 9.17) is 4.98 Å². The van der Waals surface area contributed by atoms with E-state index in [0.29, 0.717) is 16.6 Å². The summed E-state index contributed by atoms with van der Waals surface area (Å²) in [6, 6.07) is 2.74. The van der Waals surface area contributed by atoms with E-state index in [2.05, 4.69) is 60.1 Å². The van der Waals surface area contributed by atoms with Crippen molar-refractivity contribution in [3.05, 3.63) is 36.2 Å². The van der Waals surface area contributed by atoms with E-state index in [1.165, 1.54) is 47.2 Å². The summed E-state index contributed by atoms with van der Waals surface area (Å²) in [6.07, 6.45) is 5.01. The Balaban J connectivity index is 1.43. The molecule has 4 heterocycles. The minimum absolute atomic E-state index is 0.0327. The monoisotopic (exact) mass is 488 g/mol. The molecule has 6 nitrogen and oxygen atoms in total. The molecule has 5 rings (SSSR count). The number of thiazole rings is 2. The summed E-state index contributed by atoms with van der Waals surface area (Å²) in [5.41, 5.74) is 0.872. The number of nitrogens with zero attached hydrogens (tertiary/aromatic N) is 4. The normalized spacial score (nSPS) is 18.2. The van der Waals surface area contributed by atoms with Gasteiger partial charge in [-0.3, -0.25) is 5.10 Å². The number of halogens is 2. The summed E-state index contributed by atoms with van der Waals surface area (Å²) in [7, 11) is 2.08. The van der Waals surface area contributed by atoms with Crippen LogP contribution in [0.4, 0.5) is 13.9 Å². The van der Waals surface area contributed by atoms with E-state index < -0.39 is 11.6 Å². The summed E-state index contributed by atoms with van der Waals surface area (Å²) in [5.74, 6) is -1.04. The molecule has 0 radical (unpaired) electrons. The summed E-state index contributed by atoms with van der Waals surface area (Å²) < 4.78 is 29.6. The van der Waals surface area contributed by atoms with Gasteiger partial charge in [0.1, 0.15) is 16.6 Å². The third-order valence-electron chi connectivity index (χ3n) is 6.08. The van der Waals surface area contributed by atoms with Crippen molar-refractivity contribution in [2.45, 2.75) is 57.7 Å². The van der Waals surface area contributed by atoms with Crippen molar-refractivity contribution in [3.63, 3.8) is 0 Å². The van der Waals surface area contributed by atoms with Crippen LogP contribution in [-0.2, 0) is 0 Å². The van der Waals surface area contributed by atoms with Gasteiger partial charge in [-0.2, -0.15) is 5.10 Å². The molecular weight excluding hydrogens is 462 g/mol. The third-order valence-corrected chi connectivity index (χ3v) is 8.23. The van der Waals surface area contributed by atoms with Gasteiger partial charge in [0.05, 0.1) is 6.20 Å². The van der Waals surface area contributed by atoms with Crippen LogP contribution in [0, 0.1) is 11.6 Å². The van der Waals surface area contributed by atoms with Gasteiger partial charge in [-0.15, -0.1) is 0 Å². The van der Waals surface area contributed by atoms with Crippen LogP contribution in [-0.4, -0.2) is 44.3 Å². The zero-order chi connectivity index (χ0) is 23.5. The number of benzene rings is 1. The Bertz CT molecular complexity index is 1260. The number of aromatic nitrogens is 4. The predicted octanol–water partition coefficient (Wildman–Crippen LogP) is 5.83. The predicted molar refractivity (Wildman–Crippen MR) is 131 cm³/mol. The molecule has 33 heavy (non-hydrogen) atoms. The fraction of sp³-hybridized carbons (Fsp3) is 0.435. The first-order chi connectivity index (χ1) is 15.5. The summed E-state index contributed by atoms with van der Waals surface area (Å²) in [5, 5.41) is 11.5. The molecule has 10 heteroatoms. The smallest absolute Gasteiger partial charge is 0.188 e. The molecule has 1 aromatic carbocycles. The largest absolute Gasteiger partial charge is 0.348 e. The molecule has 1 aliphatic heterocycles. The molecule has 0 spiro atoms. The molecular formula is C23H26F2N6S2. The number of hydrogen-bond donors (Lipinski definition) is 2. The second-order valence-corrected chi connectivity index (χ2v) is 11.9. The SMILES string of the molecule is CN(c1nc2sc(-c3cc(F)c(-c4cn[nH]c4)cc3F)nc2s1)C1CC(C)(C)NC(C)(C)C1. The molecule has 3 aromatic heterocycles. The van der Waals surface area contributed by atoms with Gasteiger partial charge in [-0.05, 0) is 52.7 Å². The maximum atomic E-state index is 14.9. The Hall–Kier alpha value is -2.43. The number of piperidine rings is 1. The maximum Gasteiger partial charge on any atom is 0.188 e. The molecule has 1 saturated heterocycles. The van der Waals surface area contributed by atoms with Gasteiger partial charge in [0.2, 0.25) is 0 Å². The lowest BCUT2D eigenvalue weighted by Crippen LogP contribution is -2.61. The first-order valence-electron chi connectivity index (χ1n) is 10.8. The molecule has 0 bridgehead atoms. The number of H-pyrrole nitrogens is 1. The molecule has 0 unspecified atom stereocenters. The van der Waals surface area contributed by atoms with Crippen LogP contribution in [0.15, 0.2) is 24.5 Å². The van der Waals surface area contributed by atoms with Crippen LogP contribution in [0.3, 0.4) is 0 Å². The molecule has 1 aliphatic rings. The van der Waals surface area contributed by atoms with Crippen LogP contribution >= 0.6 is 22.7 Å². The molecule has 0 atom stereocenters. The average molecular weight is 489 g/mol. The topological polar surface area (TPSA) is 69.7 Å². The van der Waals surface area contributed by atoms with Crippen LogP contribution in [0.1, 0.15) is 40.5 Å². The first kappa shape index (κ1) is 22.4. The highest BCUT2D eigenvalue weighted by atomic mass is 32.1. The molecule has 4 aromatic rings. The minimum Gasteiger partial charge on any atom is -0.348 e. The van der Waals surface area contributed by atoms with E-state index >= 15 is 0 Å². The van der Waals surface area contributed by atoms with Gasteiger partial charge in [0, 0.05) is 47.1 Å². The average Bonchev–Trinajstić information content (AvgIpc) is 3.42. The summed E-state index contributed by atoms with van der Waals surface area (Å²) >= 11 is 2.78. The van der Waals surface area contributed by atoms with Crippen LogP contribution in [0.2, 0.25) is 0 Å². The summed E-state index contributed by atoms with van der Waals surface area (Å²) in [6.45, 7) is 8.92. The highest BCUT2D eigenvalue weighted by Gasteiger charge is 2.39. The molecule has 2 N–H and O–H groups in total. The zero-order valence-electron chi connectivity index (χ0n) is 19.2. The second-order valence-electron chi connectivity index (χ2n) is 9.99. The van der Waals surface area contributed by atoms with Crippen LogP contribution in [0.5, 0.6) is 0 Å². The molecule has 0 amide bonds. The van der Waals surface area contributed by atoms with Gasteiger partial charge in [0.25, 0.3) is 0 Å². The zero-order valence-corrected chi connectivity index (χ0v) is 20.8. The first-order valence-corrected chi connectivity index (χ1v) is 12.4. The van der Waals surface area contributed by atoms with Gasteiger partial charge in [-0.1, -0.05) is 22.7 Å². The fourth-order valence-electron chi connectivity index (χ4n) is 4.93. The Labute approximate surface area is 199 Å². The number of anilines is 1. The highest BCUT2D eigenvalue weighted by molar-refractivity contribution is 7.29. The third kappa shape index (κ3) is 4.27. The molecule has 174 valence electrons. The second kappa shape index (κ2) is 7.82. The van der Waals surface area contributed by atoms with Crippen molar-refractivity contribution in [2.24, 2.45) is 0 Å². The van der Waals surface area contributed by atoms with Gasteiger partial charge in [-0.25, -0.2) is 18.7 Å². The van der Waals surface area contributed by atoms with Crippen LogP contribution < -0.4 is 10.2 Å². The van der Waals surface area contributed by atoms with Crippen LogP contribution in [0.25, 0.3) is 31.4 Å². The molecule has 0 aliphatic carbocycles. The van der Waals surface area contributed by atoms with E-state index in [1.807, 2.05) is 0 Å². The number of hydrogen-bond acceptors (Lipinski definition) is 7. The van der Waals surface area contributed by atoms with Crippen molar-refractivity contribution < 1.29 is 8.78 Å². The van der Waals surface area contributed by atoms with E-state index in [0.717, 1.165) is 27.6 Å². The Morgan fingerprint density at radius 3 is 2.24 bits per heavy atom. The lowest BCUT2D eigenvalue weighted by Gasteiger charge is -2.48. The Morgan fingerprint density at radius 1 is 0.970 bits per heavy atom. The fourth-order valence-corrected chi connectivity index (χ4v) is 7.02. The standard InChI is InChI=1S/C23H26F2N6S2/c1-22(2)8-13(9-23(3,4)30-22)31(5)21-29-20-19(33-21)28-18(32-20)15-7-16(24)14(6-17(15)25)12-10-26-27-11-12/h6-7,10-11,13,30H,8-9H2,1-5H3,(H,26,27). The van der Waals surface area contributed by atoms with E-state index in [-0.39, 0.29) is 22.2 Å². The van der Waals surface area contributed by atoms with E-state index in [9.17, 15) is 8.78 Å². The van der Waals surface area contributed by atoms with Crippen molar-refractivity contribution in [3.8, 4) is 21.7 Å². The molecule has 1 fully saturated rings. The number of nitrogens with one attached hydrogen (secondary N) is 2. The maximum absolute atomic E-state index is 14.9. The Morgan fingerprint density at radius 2 is 1.61 bits per heavy atom. The van der Waals surface area contributed by atoms with Gasteiger partial charge < -0.3 is 10.2 Å². The van der Waals surface area contributed by atoms with E-state index in [1.54, 1.807) is 0 Å².